The maximum absolute atomic E-state index is 12.6. The van der Waals surface area contributed by atoms with Crippen molar-refractivity contribution in [3.05, 3.63) is 63.9 Å². The number of hydrogen-bond acceptors (Lipinski definition) is 6. The number of aromatic amines is 1. The lowest BCUT2D eigenvalue weighted by Crippen LogP contribution is -2.20. The second-order valence-electron chi connectivity index (χ2n) is 6.81. The molecule has 0 aliphatic rings. The summed E-state index contributed by atoms with van der Waals surface area (Å²) in [6.45, 7) is 3.55. The summed E-state index contributed by atoms with van der Waals surface area (Å²) in [6, 6.07) is 13.8. The van der Waals surface area contributed by atoms with Gasteiger partial charge in [0.05, 0.1) is 22.2 Å². The first kappa shape index (κ1) is 22.5. The highest BCUT2D eigenvalue weighted by molar-refractivity contribution is 7.99. The number of hydrogen-bond donors (Lipinski definition) is 3. The number of halogens is 1. The second-order valence-corrected chi connectivity index (χ2v) is 8.19. The summed E-state index contributed by atoms with van der Waals surface area (Å²) in [7, 11) is 0. The van der Waals surface area contributed by atoms with Crippen LogP contribution in [-0.4, -0.2) is 32.7 Å². The molecule has 0 spiro atoms. The van der Waals surface area contributed by atoms with Crippen LogP contribution in [0.2, 0.25) is 5.02 Å². The second kappa shape index (κ2) is 10.2. The molecule has 0 atom stereocenters. The van der Waals surface area contributed by atoms with Crippen LogP contribution in [0, 0.1) is 5.92 Å². The fourth-order valence-electron chi connectivity index (χ4n) is 2.52. The number of para-hydroxylation sites is 2. The van der Waals surface area contributed by atoms with Crippen LogP contribution in [0.5, 0.6) is 0 Å². The first-order valence-corrected chi connectivity index (χ1v) is 10.8. The summed E-state index contributed by atoms with van der Waals surface area (Å²) in [6.07, 6.45) is 0. The van der Waals surface area contributed by atoms with E-state index in [1.54, 1.807) is 62.4 Å². The van der Waals surface area contributed by atoms with Crippen LogP contribution >= 0.6 is 23.4 Å². The molecule has 0 aliphatic carbocycles. The zero-order valence-corrected chi connectivity index (χ0v) is 18.4. The van der Waals surface area contributed by atoms with Crippen molar-refractivity contribution in [1.29, 1.82) is 0 Å². The number of carbonyl (C=O) groups is 2. The van der Waals surface area contributed by atoms with E-state index < -0.39 is 5.56 Å². The Balaban J connectivity index is 1.71. The summed E-state index contributed by atoms with van der Waals surface area (Å²) in [4.78, 5) is 39.4. The average Bonchev–Trinajstić information content (AvgIpc) is 2.74. The number of nitrogens with zero attached hydrogens (tertiary/aromatic N) is 2. The van der Waals surface area contributed by atoms with Gasteiger partial charge in [-0.3, -0.25) is 19.4 Å². The number of benzene rings is 2. The topological polar surface area (TPSA) is 117 Å². The number of carbonyl (C=O) groups excluding carboxylic acids is 2. The molecule has 0 fully saturated rings. The van der Waals surface area contributed by atoms with Gasteiger partial charge < -0.3 is 10.6 Å². The van der Waals surface area contributed by atoms with Gasteiger partial charge in [0.2, 0.25) is 11.8 Å². The molecule has 0 saturated carbocycles. The first-order chi connectivity index (χ1) is 14.8. The molecular weight excluding hydrogens is 438 g/mol. The summed E-state index contributed by atoms with van der Waals surface area (Å²) in [5.41, 5.74) is 1.03. The van der Waals surface area contributed by atoms with E-state index >= 15 is 0 Å². The molecule has 10 heteroatoms. The molecule has 3 N–H and O–H groups in total. The van der Waals surface area contributed by atoms with Crippen LogP contribution in [0.3, 0.4) is 0 Å². The lowest BCUT2D eigenvalue weighted by molar-refractivity contribution is -0.119. The predicted molar refractivity (Wildman–Crippen MR) is 122 cm³/mol. The normalized spacial score (nSPS) is 10.7. The predicted octanol–water partition coefficient (Wildman–Crippen LogP) is 3.81. The van der Waals surface area contributed by atoms with E-state index in [0.717, 1.165) is 11.8 Å². The van der Waals surface area contributed by atoms with E-state index in [0.29, 0.717) is 22.0 Å². The van der Waals surface area contributed by atoms with Crippen molar-refractivity contribution in [3.8, 4) is 11.3 Å². The smallest absolute Gasteiger partial charge is 0.278 e. The van der Waals surface area contributed by atoms with Gasteiger partial charge in [-0.25, -0.2) is 0 Å². The van der Waals surface area contributed by atoms with Gasteiger partial charge in [-0.05, 0) is 18.2 Å². The number of H-pyrrole nitrogens is 1. The van der Waals surface area contributed by atoms with Crippen molar-refractivity contribution < 1.29 is 9.59 Å². The van der Waals surface area contributed by atoms with Gasteiger partial charge in [-0.15, -0.1) is 10.2 Å². The largest absolute Gasteiger partial charge is 0.325 e. The Bertz CT molecular complexity index is 1170. The minimum Gasteiger partial charge on any atom is -0.325 e. The molecule has 1 aromatic heterocycles. The van der Waals surface area contributed by atoms with Gasteiger partial charge in [0, 0.05) is 11.5 Å². The highest BCUT2D eigenvalue weighted by Crippen LogP contribution is 2.25. The van der Waals surface area contributed by atoms with Gasteiger partial charge in [0.1, 0.15) is 0 Å². The third-order valence-electron chi connectivity index (χ3n) is 4.13. The number of anilines is 2. The molecule has 0 aliphatic heterocycles. The van der Waals surface area contributed by atoms with Crippen LogP contribution in [0.4, 0.5) is 11.4 Å². The molecule has 2 aromatic carbocycles. The minimum absolute atomic E-state index is 0.0101. The summed E-state index contributed by atoms with van der Waals surface area (Å²) in [5, 5.41) is 14.1. The minimum atomic E-state index is -0.477. The number of thioether (sulfide) groups is 1. The summed E-state index contributed by atoms with van der Waals surface area (Å²) < 4.78 is 0. The summed E-state index contributed by atoms with van der Waals surface area (Å²) in [5.74, 6) is -0.677. The molecule has 31 heavy (non-hydrogen) atoms. The third-order valence-corrected chi connectivity index (χ3v) is 5.32. The Labute approximate surface area is 187 Å². The van der Waals surface area contributed by atoms with E-state index in [9.17, 15) is 14.4 Å². The number of rotatable bonds is 7. The highest BCUT2D eigenvalue weighted by atomic mass is 35.5. The maximum Gasteiger partial charge on any atom is 0.278 e. The Morgan fingerprint density at radius 2 is 1.71 bits per heavy atom. The van der Waals surface area contributed by atoms with Crippen LogP contribution in [0.15, 0.2) is 58.5 Å². The van der Waals surface area contributed by atoms with E-state index in [-0.39, 0.29) is 34.3 Å². The Morgan fingerprint density at radius 3 is 2.39 bits per heavy atom. The van der Waals surface area contributed by atoms with Gasteiger partial charge in [0.15, 0.2) is 10.9 Å². The van der Waals surface area contributed by atoms with E-state index in [1.807, 2.05) is 0 Å². The van der Waals surface area contributed by atoms with Crippen molar-refractivity contribution in [3.63, 3.8) is 0 Å². The molecule has 0 radical (unpaired) electrons. The first-order valence-electron chi connectivity index (χ1n) is 9.39. The zero-order valence-electron chi connectivity index (χ0n) is 16.8. The Hall–Kier alpha value is -3.17. The Morgan fingerprint density at radius 1 is 1.03 bits per heavy atom. The molecular formula is C21H20ClN5O3S. The Kier molecular flexibility index (Phi) is 7.43. The van der Waals surface area contributed by atoms with Crippen LogP contribution in [0.1, 0.15) is 13.8 Å². The van der Waals surface area contributed by atoms with E-state index in [2.05, 4.69) is 25.8 Å². The van der Waals surface area contributed by atoms with Gasteiger partial charge in [-0.1, -0.05) is 67.5 Å². The van der Waals surface area contributed by atoms with Crippen molar-refractivity contribution in [1.82, 2.24) is 15.2 Å². The van der Waals surface area contributed by atoms with E-state index in [4.69, 9.17) is 11.6 Å². The molecule has 1 heterocycles. The zero-order chi connectivity index (χ0) is 22.4. The molecule has 0 bridgehead atoms. The molecule has 0 saturated heterocycles. The van der Waals surface area contributed by atoms with Gasteiger partial charge in [0.25, 0.3) is 5.56 Å². The number of aromatic nitrogens is 3. The van der Waals surface area contributed by atoms with Crippen molar-refractivity contribution in [2.45, 2.75) is 19.0 Å². The lowest BCUT2D eigenvalue weighted by atomic mass is 10.1. The monoisotopic (exact) mass is 457 g/mol. The molecule has 2 amide bonds. The molecule has 0 unspecified atom stereocenters. The van der Waals surface area contributed by atoms with Crippen LogP contribution < -0.4 is 16.2 Å². The van der Waals surface area contributed by atoms with Crippen LogP contribution in [-0.2, 0) is 9.59 Å². The molecule has 8 nitrogen and oxygen atoms in total. The standard InChI is InChI=1S/C21H20ClN5O3S/c1-12(2)19(29)24-15-9-5-3-7-13(15)18-20(30)25-21(27-26-18)31-11-17(28)23-16-10-6-4-8-14(16)22/h3-10,12H,11H2,1-2H3,(H,23,28)(H,24,29)(H,25,27,30). The number of nitrogens with one attached hydrogen (secondary N) is 3. The molecule has 3 rings (SSSR count). The fourth-order valence-corrected chi connectivity index (χ4v) is 3.31. The van der Waals surface area contributed by atoms with Crippen molar-refractivity contribution in [2.24, 2.45) is 5.92 Å². The summed E-state index contributed by atoms with van der Waals surface area (Å²) >= 11 is 7.06. The quantitative estimate of drug-likeness (QED) is 0.464. The van der Waals surface area contributed by atoms with E-state index in [1.165, 1.54) is 0 Å². The van der Waals surface area contributed by atoms with Crippen molar-refractivity contribution in [2.75, 3.05) is 16.4 Å². The fraction of sp³-hybridized carbons (Fsp3) is 0.190. The third kappa shape index (κ3) is 5.93. The van der Waals surface area contributed by atoms with Crippen molar-refractivity contribution >= 4 is 46.6 Å². The van der Waals surface area contributed by atoms with Crippen LogP contribution in [0.25, 0.3) is 11.3 Å². The highest BCUT2D eigenvalue weighted by Gasteiger charge is 2.16. The molecule has 3 aromatic rings. The molecule has 160 valence electrons. The number of amides is 2. The van der Waals surface area contributed by atoms with Gasteiger partial charge >= 0.3 is 0 Å². The maximum atomic E-state index is 12.6. The average molecular weight is 458 g/mol. The lowest BCUT2D eigenvalue weighted by Gasteiger charge is -2.11. The van der Waals surface area contributed by atoms with Gasteiger partial charge in [-0.2, -0.15) is 0 Å². The SMILES string of the molecule is CC(C)C(=O)Nc1ccccc1-c1nnc(SCC(=O)Nc2ccccc2Cl)[nH]c1=O.